The molecule has 1 aromatic carbocycles. The zero-order valence-corrected chi connectivity index (χ0v) is 18.2. The fourth-order valence-corrected chi connectivity index (χ4v) is 4.83. The first kappa shape index (κ1) is 21.4. The second-order valence-corrected chi connectivity index (χ2v) is 9.24. The topological polar surface area (TPSA) is 78.0 Å². The Balaban J connectivity index is 1.85. The van der Waals surface area contributed by atoms with Gasteiger partial charge in [0.2, 0.25) is 0 Å². The highest BCUT2D eigenvalue weighted by Gasteiger charge is 2.27. The van der Waals surface area contributed by atoms with Crippen molar-refractivity contribution in [2.45, 2.75) is 30.2 Å². The molecule has 0 bridgehead atoms. The molecular formula is C21H28N2O5S. The first-order valence-electron chi connectivity index (χ1n) is 9.53. The molecule has 1 aromatic heterocycles. The molecule has 0 saturated carbocycles. The highest BCUT2D eigenvalue weighted by molar-refractivity contribution is 7.90. The first-order chi connectivity index (χ1) is 13.9. The summed E-state index contributed by atoms with van der Waals surface area (Å²) in [5.41, 5.74) is 1.66. The number of hydrogen-bond acceptors (Lipinski definition) is 7. The van der Waals surface area contributed by atoms with Crippen molar-refractivity contribution in [3.8, 4) is 17.2 Å². The average molecular weight is 421 g/mol. The normalized spacial score (nSPS) is 17.7. The average Bonchev–Trinajstić information content (AvgIpc) is 2.73. The number of likely N-dealkylation sites (tertiary alicyclic amines) is 1. The smallest absolute Gasteiger partial charge is 0.177 e. The van der Waals surface area contributed by atoms with E-state index in [9.17, 15) is 8.42 Å². The molecular weight excluding hydrogens is 392 g/mol. The molecule has 3 rings (SSSR count). The van der Waals surface area contributed by atoms with Crippen LogP contribution in [-0.2, 0) is 16.4 Å². The van der Waals surface area contributed by atoms with Crippen LogP contribution in [0.15, 0.2) is 35.4 Å². The van der Waals surface area contributed by atoms with Gasteiger partial charge in [0, 0.05) is 43.1 Å². The third-order valence-electron chi connectivity index (χ3n) is 5.27. The largest absolute Gasteiger partial charge is 0.496 e. The molecule has 7 nitrogen and oxygen atoms in total. The second-order valence-electron chi connectivity index (χ2n) is 7.25. The van der Waals surface area contributed by atoms with Crippen molar-refractivity contribution in [3.05, 3.63) is 41.7 Å². The molecule has 1 atom stereocenters. The zero-order chi connectivity index (χ0) is 21.0. The molecule has 1 unspecified atom stereocenters. The van der Waals surface area contributed by atoms with Gasteiger partial charge in [-0.1, -0.05) is 0 Å². The monoisotopic (exact) mass is 420 g/mol. The number of piperidine rings is 1. The Kier molecular flexibility index (Phi) is 6.64. The maximum atomic E-state index is 12.2. The quantitative estimate of drug-likeness (QED) is 0.681. The van der Waals surface area contributed by atoms with Gasteiger partial charge in [-0.2, -0.15) is 0 Å². The highest BCUT2D eigenvalue weighted by atomic mass is 32.2. The molecule has 1 saturated heterocycles. The molecule has 8 heteroatoms. The van der Waals surface area contributed by atoms with Crippen molar-refractivity contribution in [2.24, 2.45) is 0 Å². The van der Waals surface area contributed by atoms with Crippen LogP contribution in [0.1, 0.15) is 30.0 Å². The molecule has 2 heterocycles. The van der Waals surface area contributed by atoms with Crippen molar-refractivity contribution in [2.75, 3.05) is 40.7 Å². The molecule has 29 heavy (non-hydrogen) atoms. The number of nitrogens with zero attached hydrogens (tertiary/aromatic N) is 2. The van der Waals surface area contributed by atoms with E-state index in [1.165, 1.54) is 6.26 Å². The van der Waals surface area contributed by atoms with Gasteiger partial charge in [-0.15, -0.1) is 0 Å². The Bertz CT molecular complexity index is 962. The van der Waals surface area contributed by atoms with Gasteiger partial charge in [0.15, 0.2) is 21.3 Å². The molecule has 0 N–H and O–H groups in total. The Morgan fingerprint density at radius 3 is 2.45 bits per heavy atom. The van der Waals surface area contributed by atoms with Crippen molar-refractivity contribution in [1.29, 1.82) is 0 Å². The van der Waals surface area contributed by atoms with E-state index in [2.05, 4.69) is 9.88 Å². The molecule has 2 aromatic rings. The van der Waals surface area contributed by atoms with Gasteiger partial charge >= 0.3 is 0 Å². The van der Waals surface area contributed by atoms with Crippen LogP contribution in [0.5, 0.6) is 17.2 Å². The summed E-state index contributed by atoms with van der Waals surface area (Å²) in [4.78, 5) is 7.06. The van der Waals surface area contributed by atoms with Gasteiger partial charge in [0.05, 0.1) is 31.9 Å². The fourth-order valence-electron chi connectivity index (χ4n) is 3.90. The van der Waals surface area contributed by atoms with Crippen molar-refractivity contribution in [3.63, 3.8) is 0 Å². The van der Waals surface area contributed by atoms with Crippen LogP contribution in [0, 0.1) is 0 Å². The number of ether oxygens (including phenoxy) is 3. The number of hydrogen-bond donors (Lipinski definition) is 0. The van der Waals surface area contributed by atoms with Gasteiger partial charge in [0.1, 0.15) is 5.75 Å². The minimum Gasteiger partial charge on any atom is -0.496 e. The van der Waals surface area contributed by atoms with Crippen LogP contribution in [0.3, 0.4) is 0 Å². The minimum absolute atomic E-state index is 0.0702. The van der Waals surface area contributed by atoms with Crippen LogP contribution in [0.25, 0.3) is 0 Å². The number of aromatic nitrogens is 1. The van der Waals surface area contributed by atoms with Crippen LogP contribution >= 0.6 is 0 Å². The molecule has 0 radical (unpaired) electrons. The molecule has 0 spiro atoms. The summed E-state index contributed by atoms with van der Waals surface area (Å²) < 4.78 is 40.7. The summed E-state index contributed by atoms with van der Waals surface area (Å²) in [6, 6.07) is 7.09. The lowest BCUT2D eigenvalue weighted by atomic mass is 9.93. The van der Waals surface area contributed by atoms with Crippen LogP contribution in [0.2, 0.25) is 0 Å². The van der Waals surface area contributed by atoms with E-state index in [-0.39, 0.29) is 5.92 Å². The summed E-state index contributed by atoms with van der Waals surface area (Å²) >= 11 is 0. The number of pyridine rings is 1. The molecule has 1 aliphatic rings. The van der Waals surface area contributed by atoms with Crippen LogP contribution in [-0.4, -0.2) is 59.0 Å². The van der Waals surface area contributed by atoms with E-state index in [1.54, 1.807) is 39.7 Å². The van der Waals surface area contributed by atoms with Crippen molar-refractivity contribution >= 4 is 9.84 Å². The van der Waals surface area contributed by atoms with Crippen LogP contribution < -0.4 is 14.2 Å². The number of methoxy groups -OCH3 is 3. The van der Waals surface area contributed by atoms with E-state index in [1.807, 2.05) is 12.1 Å². The number of rotatable bonds is 7. The predicted molar refractivity (Wildman–Crippen MR) is 111 cm³/mol. The highest BCUT2D eigenvalue weighted by Crippen LogP contribution is 2.36. The number of sulfone groups is 1. The predicted octanol–water partition coefficient (Wildman–Crippen LogP) is 2.89. The third kappa shape index (κ3) is 4.82. The summed E-state index contributed by atoms with van der Waals surface area (Å²) in [7, 11) is 1.52. The maximum absolute atomic E-state index is 12.2. The fraction of sp³-hybridized carbons (Fsp3) is 0.476. The summed E-state index contributed by atoms with van der Waals surface area (Å²) in [6.45, 7) is 2.33. The number of benzene rings is 1. The van der Waals surface area contributed by atoms with Gasteiger partial charge < -0.3 is 14.2 Å². The third-order valence-corrected chi connectivity index (χ3v) is 6.42. The van der Waals surface area contributed by atoms with Crippen molar-refractivity contribution < 1.29 is 22.6 Å². The van der Waals surface area contributed by atoms with E-state index < -0.39 is 9.84 Å². The van der Waals surface area contributed by atoms with Gasteiger partial charge in [-0.05, 0) is 37.6 Å². The molecule has 0 amide bonds. The van der Waals surface area contributed by atoms with E-state index in [4.69, 9.17) is 14.2 Å². The van der Waals surface area contributed by atoms with E-state index >= 15 is 0 Å². The van der Waals surface area contributed by atoms with Gasteiger partial charge in [-0.3, -0.25) is 9.88 Å². The van der Waals surface area contributed by atoms with Crippen molar-refractivity contribution in [1.82, 2.24) is 9.88 Å². The van der Waals surface area contributed by atoms with Gasteiger partial charge in [0.25, 0.3) is 0 Å². The molecule has 0 aliphatic carbocycles. The van der Waals surface area contributed by atoms with Gasteiger partial charge in [-0.25, -0.2) is 8.42 Å². The Labute approximate surface area is 172 Å². The Hall–Kier alpha value is -2.32. The second kappa shape index (κ2) is 9.00. The molecule has 1 fully saturated rings. The summed E-state index contributed by atoms with van der Waals surface area (Å²) in [6.07, 6.45) is 4.79. The lowest BCUT2D eigenvalue weighted by Crippen LogP contribution is -2.34. The summed E-state index contributed by atoms with van der Waals surface area (Å²) in [5.74, 6) is 2.08. The SMILES string of the molecule is COc1cc(OC)c(OC)cc1CN1CCCC(c2ncccc2S(C)(=O)=O)C1. The minimum atomic E-state index is -3.32. The standard InChI is InChI=1S/C21H28N2O5S/c1-26-17-12-19(28-3)18(27-2)11-16(17)14-23-10-6-7-15(13-23)21-20(29(4,24)25)8-5-9-22-21/h5,8-9,11-12,15H,6-7,10,13-14H2,1-4H3. The Morgan fingerprint density at radius 1 is 1.10 bits per heavy atom. The van der Waals surface area contributed by atoms with E-state index in [0.717, 1.165) is 37.2 Å². The Morgan fingerprint density at radius 2 is 1.79 bits per heavy atom. The lowest BCUT2D eigenvalue weighted by molar-refractivity contribution is 0.194. The zero-order valence-electron chi connectivity index (χ0n) is 17.3. The molecule has 158 valence electrons. The van der Waals surface area contributed by atoms with E-state index in [0.29, 0.717) is 28.6 Å². The lowest BCUT2D eigenvalue weighted by Gasteiger charge is -2.33. The first-order valence-corrected chi connectivity index (χ1v) is 11.4. The summed E-state index contributed by atoms with van der Waals surface area (Å²) in [5, 5.41) is 0. The maximum Gasteiger partial charge on any atom is 0.177 e. The van der Waals surface area contributed by atoms with Crippen LogP contribution in [0.4, 0.5) is 0 Å². The molecule has 1 aliphatic heterocycles.